The second-order valence-electron chi connectivity index (χ2n) is 3.79. The number of hydrogen-bond acceptors (Lipinski definition) is 4. The van der Waals surface area contributed by atoms with E-state index in [2.05, 4.69) is 10.1 Å². The molecule has 1 aromatic carbocycles. The van der Waals surface area contributed by atoms with Crippen molar-refractivity contribution >= 4 is 12.1 Å². The lowest BCUT2D eigenvalue weighted by Crippen LogP contribution is -2.29. The van der Waals surface area contributed by atoms with Gasteiger partial charge in [-0.05, 0) is 5.56 Å². The largest absolute Gasteiger partial charge is 0.461 e. The highest BCUT2D eigenvalue weighted by molar-refractivity contribution is 5.74. The molecule has 1 amide bonds. The first-order valence-electron chi connectivity index (χ1n) is 5.37. The molecule has 0 spiro atoms. The number of esters is 1. The van der Waals surface area contributed by atoms with Gasteiger partial charge in [0.1, 0.15) is 13.2 Å². The predicted molar refractivity (Wildman–Crippen MR) is 59.1 cm³/mol. The second kappa shape index (κ2) is 5.34. The number of benzene rings is 1. The van der Waals surface area contributed by atoms with Crippen molar-refractivity contribution in [2.75, 3.05) is 6.61 Å². The van der Waals surface area contributed by atoms with Crippen LogP contribution in [0.5, 0.6) is 0 Å². The van der Waals surface area contributed by atoms with Gasteiger partial charge in [0.25, 0.3) is 0 Å². The zero-order chi connectivity index (χ0) is 12.1. The molecule has 17 heavy (non-hydrogen) atoms. The highest BCUT2D eigenvalue weighted by Crippen LogP contribution is 2.06. The number of carbonyl (C=O) groups excluding carboxylic acids is 2. The average molecular weight is 235 g/mol. The van der Waals surface area contributed by atoms with Crippen LogP contribution in [0.25, 0.3) is 0 Å². The first-order valence-corrected chi connectivity index (χ1v) is 5.37. The third-order valence-corrected chi connectivity index (χ3v) is 2.39. The van der Waals surface area contributed by atoms with Gasteiger partial charge in [0.05, 0.1) is 12.5 Å². The van der Waals surface area contributed by atoms with Crippen LogP contribution in [0.4, 0.5) is 4.79 Å². The Morgan fingerprint density at radius 3 is 2.82 bits per heavy atom. The molecule has 0 saturated carbocycles. The van der Waals surface area contributed by atoms with Gasteiger partial charge in [0.2, 0.25) is 0 Å². The smallest absolute Gasteiger partial charge is 0.407 e. The quantitative estimate of drug-likeness (QED) is 0.797. The van der Waals surface area contributed by atoms with Crippen LogP contribution in [-0.2, 0) is 20.9 Å². The highest BCUT2D eigenvalue weighted by Gasteiger charge is 2.25. The Hall–Kier alpha value is -2.04. The maximum Gasteiger partial charge on any atom is 0.407 e. The van der Waals surface area contributed by atoms with Crippen LogP contribution >= 0.6 is 0 Å². The maximum atomic E-state index is 11.4. The highest BCUT2D eigenvalue weighted by atomic mass is 16.6. The number of nitrogens with one attached hydrogen (secondary N) is 1. The Morgan fingerprint density at radius 2 is 2.18 bits per heavy atom. The van der Waals surface area contributed by atoms with Crippen molar-refractivity contribution in [1.82, 2.24) is 5.32 Å². The van der Waals surface area contributed by atoms with Crippen LogP contribution in [0.2, 0.25) is 0 Å². The molecule has 1 aromatic rings. The minimum Gasteiger partial charge on any atom is -0.461 e. The summed E-state index contributed by atoms with van der Waals surface area (Å²) in [7, 11) is 0. The molecule has 1 aliphatic rings. The fraction of sp³-hybridized carbons (Fsp3) is 0.333. The minimum atomic E-state index is -0.481. The predicted octanol–water partition coefficient (Wildman–Crippen LogP) is 1.23. The number of rotatable bonds is 4. The van der Waals surface area contributed by atoms with E-state index in [0.29, 0.717) is 0 Å². The summed E-state index contributed by atoms with van der Waals surface area (Å²) in [6.45, 7) is 0.473. The summed E-state index contributed by atoms with van der Waals surface area (Å²) in [5.41, 5.74) is 0.938. The van der Waals surface area contributed by atoms with E-state index in [4.69, 9.17) is 4.74 Å². The topological polar surface area (TPSA) is 64.6 Å². The molecule has 1 N–H and O–H groups in total. The lowest BCUT2D eigenvalue weighted by molar-refractivity contribution is -0.145. The molecule has 0 radical (unpaired) electrons. The fourth-order valence-electron chi connectivity index (χ4n) is 1.53. The molecule has 90 valence electrons. The number of carbonyl (C=O) groups is 2. The van der Waals surface area contributed by atoms with Crippen LogP contribution in [-0.4, -0.2) is 24.7 Å². The zero-order valence-corrected chi connectivity index (χ0v) is 9.22. The van der Waals surface area contributed by atoms with Crippen LogP contribution in [0, 0.1) is 0 Å². The summed E-state index contributed by atoms with van der Waals surface area (Å²) in [6.07, 6.45) is -0.343. The standard InChI is InChI=1S/C12H13NO4/c14-11(6-10-8-17-12(15)13-10)16-7-9-4-2-1-3-5-9/h1-5,10H,6-8H2,(H,13,15)/t10-/m0/s1. The zero-order valence-electron chi connectivity index (χ0n) is 9.22. The van der Waals surface area contributed by atoms with Crippen molar-refractivity contribution in [2.24, 2.45) is 0 Å². The Balaban J connectivity index is 1.73. The van der Waals surface area contributed by atoms with Crippen molar-refractivity contribution in [3.63, 3.8) is 0 Å². The van der Waals surface area contributed by atoms with Crippen molar-refractivity contribution < 1.29 is 19.1 Å². The monoisotopic (exact) mass is 235 g/mol. The number of alkyl carbamates (subject to hydrolysis) is 1. The van der Waals surface area contributed by atoms with Gasteiger partial charge < -0.3 is 14.8 Å². The molecule has 0 aromatic heterocycles. The number of cyclic esters (lactones) is 1. The van der Waals surface area contributed by atoms with Crippen molar-refractivity contribution in [1.29, 1.82) is 0 Å². The lowest BCUT2D eigenvalue weighted by Gasteiger charge is -2.07. The summed E-state index contributed by atoms with van der Waals surface area (Å²) in [4.78, 5) is 22.2. The maximum absolute atomic E-state index is 11.4. The van der Waals surface area contributed by atoms with Gasteiger partial charge in [-0.25, -0.2) is 4.79 Å². The van der Waals surface area contributed by atoms with Crippen LogP contribution in [0.15, 0.2) is 30.3 Å². The summed E-state index contributed by atoms with van der Waals surface area (Å²) < 4.78 is 9.75. The van der Waals surface area contributed by atoms with E-state index in [1.807, 2.05) is 30.3 Å². The van der Waals surface area contributed by atoms with Gasteiger partial charge in [-0.15, -0.1) is 0 Å². The van der Waals surface area contributed by atoms with E-state index in [0.717, 1.165) is 5.56 Å². The van der Waals surface area contributed by atoms with E-state index in [1.54, 1.807) is 0 Å². The van der Waals surface area contributed by atoms with E-state index in [-0.39, 0.29) is 31.6 Å². The van der Waals surface area contributed by atoms with E-state index < -0.39 is 6.09 Å². The van der Waals surface area contributed by atoms with Crippen molar-refractivity contribution in [2.45, 2.75) is 19.1 Å². The number of amides is 1. The van der Waals surface area contributed by atoms with Gasteiger partial charge in [0.15, 0.2) is 0 Å². The van der Waals surface area contributed by atoms with Crippen LogP contribution in [0.1, 0.15) is 12.0 Å². The molecular formula is C12H13NO4. The van der Waals surface area contributed by atoms with Crippen LogP contribution in [0.3, 0.4) is 0 Å². The SMILES string of the molecule is O=C(C[C@H]1COC(=O)N1)OCc1ccccc1. The molecule has 1 atom stereocenters. The third kappa shape index (κ3) is 3.48. The summed E-state index contributed by atoms with van der Waals surface area (Å²) in [6, 6.07) is 9.16. The van der Waals surface area contributed by atoms with Crippen molar-refractivity contribution in [3.05, 3.63) is 35.9 Å². The van der Waals surface area contributed by atoms with Gasteiger partial charge in [0, 0.05) is 0 Å². The Labute approximate surface area is 98.7 Å². The van der Waals surface area contributed by atoms with Gasteiger partial charge in [-0.1, -0.05) is 30.3 Å². The molecule has 1 fully saturated rings. The Kier molecular flexibility index (Phi) is 3.59. The van der Waals surface area contributed by atoms with E-state index in [9.17, 15) is 9.59 Å². The molecule has 0 unspecified atom stereocenters. The number of ether oxygens (including phenoxy) is 2. The molecular weight excluding hydrogens is 222 g/mol. The molecule has 1 heterocycles. The Morgan fingerprint density at radius 1 is 1.41 bits per heavy atom. The fourth-order valence-corrected chi connectivity index (χ4v) is 1.53. The normalized spacial score (nSPS) is 18.4. The average Bonchev–Trinajstić information content (AvgIpc) is 2.73. The molecule has 1 aliphatic heterocycles. The molecule has 5 nitrogen and oxygen atoms in total. The molecule has 0 bridgehead atoms. The first-order chi connectivity index (χ1) is 8.24. The van der Waals surface area contributed by atoms with E-state index in [1.165, 1.54) is 0 Å². The summed E-state index contributed by atoms with van der Waals surface area (Å²) in [5.74, 6) is -0.343. The van der Waals surface area contributed by atoms with Gasteiger partial charge in [-0.2, -0.15) is 0 Å². The summed E-state index contributed by atoms with van der Waals surface area (Å²) >= 11 is 0. The van der Waals surface area contributed by atoms with Crippen LogP contribution < -0.4 is 5.32 Å². The first kappa shape index (κ1) is 11.4. The van der Waals surface area contributed by atoms with Gasteiger partial charge >= 0.3 is 12.1 Å². The lowest BCUT2D eigenvalue weighted by atomic mass is 10.2. The number of hydrogen-bond donors (Lipinski definition) is 1. The molecule has 2 rings (SSSR count). The second-order valence-corrected chi connectivity index (χ2v) is 3.79. The minimum absolute atomic E-state index is 0.137. The van der Waals surface area contributed by atoms with Crippen molar-refractivity contribution in [3.8, 4) is 0 Å². The third-order valence-electron chi connectivity index (χ3n) is 2.39. The Bertz CT molecular complexity index is 404. The summed E-state index contributed by atoms with van der Waals surface area (Å²) in [5, 5.41) is 2.52. The van der Waals surface area contributed by atoms with E-state index >= 15 is 0 Å². The molecule has 1 saturated heterocycles. The van der Waals surface area contributed by atoms with Gasteiger partial charge in [-0.3, -0.25) is 4.79 Å². The molecule has 0 aliphatic carbocycles. The molecule has 5 heteroatoms.